The normalized spacial score (nSPS) is 11.0. The third kappa shape index (κ3) is 4.50. The van der Waals surface area contributed by atoms with Crippen LogP contribution in [0, 0.1) is 46.5 Å². The summed E-state index contributed by atoms with van der Waals surface area (Å²) in [5.74, 6) is -20.5. The minimum Gasteiger partial charge on any atom is -0.288 e. The SMILES string of the molecule is O=C(c1ccccc1)c1c(F)c(F)c(Sc2c(F)c(F)c(C(=O)c3ccccc3)c(F)c2F)c(F)c1F. The van der Waals surface area contributed by atoms with E-state index < -0.39 is 90.8 Å². The summed E-state index contributed by atoms with van der Waals surface area (Å²) in [5.41, 5.74) is -3.88. The van der Waals surface area contributed by atoms with Gasteiger partial charge in [0.25, 0.3) is 0 Å². The second-order valence-electron chi connectivity index (χ2n) is 7.41. The maximum atomic E-state index is 14.7. The molecule has 37 heavy (non-hydrogen) atoms. The molecule has 0 radical (unpaired) electrons. The molecule has 11 heteroatoms. The summed E-state index contributed by atoms with van der Waals surface area (Å²) < 4.78 is 118. The highest BCUT2D eigenvalue weighted by Gasteiger charge is 2.34. The lowest BCUT2D eigenvalue weighted by atomic mass is 10.0. The van der Waals surface area contributed by atoms with E-state index in [1.54, 1.807) is 0 Å². The fraction of sp³-hybridized carbons (Fsp3) is 0. The Balaban J connectivity index is 1.82. The van der Waals surface area contributed by atoms with Gasteiger partial charge >= 0.3 is 0 Å². The fourth-order valence-corrected chi connectivity index (χ4v) is 4.29. The molecular formula is C26H10F8O2S. The number of carbonyl (C=O) groups is 2. The monoisotopic (exact) mass is 538 g/mol. The number of halogens is 8. The van der Waals surface area contributed by atoms with Crippen molar-refractivity contribution in [1.29, 1.82) is 0 Å². The van der Waals surface area contributed by atoms with Crippen molar-refractivity contribution in [2.75, 3.05) is 0 Å². The van der Waals surface area contributed by atoms with Crippen LogP contribution in [-0.2, 0) is 0 Å². The lowest BCUT2D eigenvalue weighted by Crippen LogP contribution is -2.14. The van der Waals surface area contributed by atoms with E-state index in [-0.39, 0.29) is 11.1 Å². The Labute approximate surface area is 207 Å². The minimum absolute atomic E-state index is 0.320. The van der Waals surface area contributed by atoms with Gasteiger partial charge in [-0.2, -0.15) is 0 Å². The van der Waals surface area contributed by atoms with Gasteiger partial charge in [0.05, 0.1) is 9.79 Å². The summed E-state index contributed by atoms with van der Waals surface area (Å²) in [6, 6.07) is 12.7. The van der Waals surface area contributed by atoms with Crippen molar-refractivity contribution in [3.63, 3.8) is 0 Å². The number of rotatable bonds is 6. The molecule has 4 rings (SSSR count). The van der Waals surface area contributed by atoms with Crippen LogP contribution in [0.1, 0.15) is 31.8 Å². The highest BCUT2D eigenvalue weighted by Crippen LogP contribution is 2.41. The Kier molecular flexibility index (Phi) is 7.17. The summed E-state index contributed by atoms with van der Waals surface area (Å²) in [7, 11) is 0. The van der Waals surface area contributed by atoms with Crippen molar-refractivity contribution in [3.8, 4) is 0 Å². The first-order valence-corrected chi connectivity index (χ1v) is 11.0. The lowest BCUT2D eigenvalue weighted by molar-refractivity contribution is 0.102. The predicted molar refractivity (Wildman–Crippen MR) is 116 cm³/mol. The molecule has 0 aromatic heterocycles. The Morgan fingerprint density at radius 3 is 0.973 bits per heavy atom. The van der Waals surface area contributed by atoms with Crippen LogP contribution in [-0.4, -0.2) is 11.6 Å². The lowest BCUT2D eigenvalue weighted by Gasteiger charge is -2.14. The molecule has 0 N–H and O–H groups in total. The molecule has 0 atom stereocenters. The molecule has 0 fully saturated rings. The zero-order valence-electron chi connectivity index (χ0n) is 18.0. The molecule has 188 valence electrons. The van der Waals surface area contributed by atoms with Crippen molar-refractivity contribution in [1.82, 2.24) is 0 Å². The summed E-state index contributed by atoms with van der Waals surface area (Å²) in [6.45, 7) is 0. The molecule has 0 amide bonds. The van der Waals surface area contributed by atoms with Crippen LogP contribution in [0.15, 0.2) is 70.5 Å². The topological polar surface area (TPSA) is 34.1 Å². The second-order valence-corrected chi connectivity index (χ2v) is 8.43. The van der Waals surface area contributed by atoms with Crippen molar-refractivity contribution in [2.24, 2.45) is 0 Å². The van der Waals surface area contributed by atoms with E-state index in [0.29, 0.717) is 0 Å². The average molecular weight is 538 g/mol. The number of ketones is 2. The number of benzene rings is 4. The van der Waals surface area contributed by atoms with Crippen LogP contribution in [0.5, 0.6) is 0 Å². The molecule has 0 aliphatic heterocycles. The van der Waals surface area contributed by atoms with Crippen LogP contribution in [0.3, 0.4) is 0 Å². The predicted octanol–water partition coefficient (Wildman–Crippen LogP) is 7.41. The van der Waals surface area contributed by atoms with E-state index in [1.807, 2.05) is 0 Å². The average Bonchev–Trinajstić information content (AvgIpc) is 2.91. The molecule has 4 aromatic carbocycles. The van der Waals surface area contributed by atoms with Gasteiger partial charge in [0.15, 0.2) is 58.1 Å². The van der Waals surface area contributed by atoms with Crippen LogP contribution >= 0.6 is 11.8 Å². The highest BCUT2D eigenvalue weighted by molar-refractivity contribution is 7.99. The molecule has 0 bridgehead atoms. The van der Waals surface area contributed by atoms with Gasteiger partial charge in [0.1, 0.15) is 11.1 Å². The molecular weight excluding hydrogens is 528 g/mol. The van der Waals surface area contributed by atoms with Gasteiger partial charge in [0, 0.05) is 11.1 Å². The van der Waals surface area contributed by atoms with Crippen LogP contribution in [0.4, 0.5) is 35.1 Å². The van der Waals surface area contributed by atoms with Crippen molar-refractivity contribution in [2.45, 2.75) is 9.79 Å². The Morgan fingerprint density at radius 1 is 0.432 bits per heavy atom. The molecule has 4 aromatic rings. The largest absolute Gasteiger partial charge is 0.288 e. The van der Waals surface area contributed by atoms with Gasteiger partial charge in [-0.3, -0.25) is 9.59 Å². The van der Waals surface area contributed by atoms with Crippen molar-refractivity contribution >= 4 is 23.3 Å². The van der Waals surface area contributed by atoms with Crippen LogP contribution < -0.4 is 0 Å². The molecule has 0 aliphatic carbocycles. The maximum absolute atomic E-state index is 14.7. The zero-order valence-corrected chi connectivity index (χ0v) is 18.8. The first kappa shape index (κ1) is 26.1. The third-order valence-corrected chi connectivity index (χ3v) is 6.30. The van der Waals surface area contributed by atoms with E-state index >= 15 is 0 Å². The maximum Gasteiger partial charge on any atom is 0.199 e. The summed E-state index contributed by atoms with van der Waals surface area (Å²) in [6.07, 6.45) is 0. The van der Waals surface area contributed by atoms with Crippen molar-refractivity contribution in [3.05, 3.63) is 129 Å². The Hall–Kier alpha value is -3.99. The van der Waals surface area contributed by atoms with E-state index in [2.05, 4.69) is 0 Å². The minimum atomic E-state index is -2.23. The van der Waals surface area contributed by atoms with E-state index in [0.717, 1.165) is 24.3 Å². The Bertz CT molecular complexity index is 1380. The molecule has 2 nitrogen and oxygen atoms in total. The third-order valence-electron chi connectivity index (χ3n) is 5.18. The van der Waals surface area contributed by atoms with E-state index in [9.17, 15) is 44.7 Å². The summed E-state index contributed by atoms with van der Waals surface area (Å²) >= 11 is -0.699. The van der Waals surface area contributed by atoms with E-state index in [4.69, 9.17) is 0 Å². The number of carbonyl (C=O) groups excluding carboxylic acids is 2. The molecule has 0 saturated heterocycles. The van der Waals surface area contributed by atoms with Gasteiger partial charge in [-0.05, 0) is 0 Å². The molecule has 0 heterocycles. The van der Waals surface area contributed by atoms with Crippen LogP contribution in [0.2, 0.25) is 0 Å². The molecule has 0 saturated carbocycles. The number of hydrogen-bond donors (Lipinski definition) is 0. The van der Waals surface area contributed by atoms with Gasteiger partial charge < -0.3 is 0 Å². The van der Waals surface area contributed by atoms with Crippen LogP contribution in [0.25, 0.3) is 0 Å². The first-order chi connectivity index (χ1) is 17.6. The Morgan fingerprint density at radius 2 is 0.703 bits per heavy atom. The van der Waals surface area contributed by atoms with Gasteiger partial charge in [-0.15, -0.1) is 0 Å². The van der Waals surface area contributed by atoms with Gasteiger partial charge in [-0.1, -0.05) is 72.4 Å². The second kappa shape index (κ2) is 10.2. The molecule has 0 unspecified atom stereocenters. The zero-order chi connectivity index (χ0) is 27.0. The first-order valence-electron chi connectivity index (χ1n) is 10.1. The molecule has 0 aliphatic rings. The van der Waals surface area contributed by atoms with Crippen molar-refractivity contribution < 1.29 is 44.7 Å². The number of hydrogen-bond acceptors (Lipinski definition) is 3. The fourth-order valence-electron chi connectivity index (χ4n) is 3.37. The highest BCUT2D eigenvalue weighted by atomic mass is 32.2. The van der Waals surface area contributed by atoms with Gasteiger partial charge in [0.2, 0.25) is 0 Å². The summed E-state index contributed by atoms with van der Waals surface area (Å²) in [4.78, 5) is 21.4. The quantitative estimate of drug-likeness (QED) is 0.146. The summed E-state index contributed by atoms with van der Waals surface area (Å²) in [5, 5.41) is 0. The standard InChI is InChI=1S/C26H10F8O2S/c27-15-13(23(35)11-7-3-1-4-8-11)16(28)20(32)25(19(15)31)37-26-21(33)17(29)14(18(30)22(26)34)24(36)12-9-5-2-6-10-12/h1-10H. The smallest absolute Gasteiger partial charge is 0.199 e. The van der Waals surface area contributed by atoms with E-state index in [1.165, 1.54) is 36.4 Å². The van der Waals surface area contributed by atoms with Gasteiger partial charge in [-0.25, -0.2) is 35.1 Å². The molecule has 0 spiro atoms.